The van der Waals surface area contributed by atoms with Gasteiger partial charge in [0.2, 0.25) is 0 Å². The van der Waals surface area contributed by atoms with Crippen LogP contribution >= 0.6 is 11.6 Å². The molecule has 7 heteroatoms. The highest BCUT2D eigenvalue weighted by atomic mass is 35.5. The van der Waals surface area contributed by atoms with Gasteiger partial charge in [0.1, 0.15) is 5.82 Å². The van der Waals surface area contributed by atoms with Gasteiger partial charge in [0.05, 0.1) is 25.0 Å². The molecule has 0 amide bonds. The molecule has 0 atom stereocenters. The van der Waals surface area contributed by atoms with Crippen molar-refractivity contribution in [3.63, 3.8) is 0 Å². The van der Waals surface area contributed by atoms with E-state index in [9.17, 15) is 17.6 Å². The predicted molar refractivity (Wildman–Crippen MR) is 77.2 cm³/mol. The first kappa shape index (κ1) is 16.2. The fraction of sp³-hybridized carbons (Fsp3) is 0.500. The minimum absolute atomic E-state index is 0.0806. The monoisotopic (exact) mass is 334 g/mol. The second-order valence-corrected chi connectivity index (χ2v) is 7.99. The quantitative estimate of drug-likeness (QED) is 0.750. The number of benzene rings is 1. The van der Waals surface area contributed by atoms with Crippen LogP contribution in [0.1, 0.15) is 24.8 Å². The summed E-state index contributed by atoms with van der Waals surface area (Å²) in [5, 5.41) is 0.0939. The molecule has 1 aromatic rings. The second-order valence-electron chi connectivity index (χ2n) is 5.52. The molecular formula is C14H16ClFO4S. The average molecular weight is 335 g/mol. The van der Waals surface area contributed by atoms with E-state index in [1.54, 1.807) is 0 Å². The Hall–Kier alpha value is -1.14. The molecule has 1 aliphatic rings. The van der Waals surface area contributed by atoms with Gasteiger partial charge in [0.25, 0.3) is 0 Å². The van der Waals surface area contributed by atoms with Crippen LogP contribution in [-0.2, 0) is 25.1 Å². The van der Waals surface area contributed by atoms with E-state index in [2.05, 4.69) is 4.74 Å². The molecule has 0 heterocycles. The van der Waals surface area contributed by atoms with Crippen LogP contribution in [0, 0.1) is 11.2 Å². The molecule has 0 saturated heterocycles. The summed E-state index contributed by atoms with van der Waals surface area (Å²) in [6, 6.07) is 3.64. The number of hydrogen-bond donors (Lipinski definition) is 0. The molecule has 0 spiro atoms. The van der Waals surface area contributed by atoms with Crippen LogP contribution in [0.5, 0.6) is 0 Å². The van der Waals surface area contributed by atoms with Crippen LogP contribution < -0.4 is 0 Å². The third-order valence-electron chi connectivity index (χ3n) is 3.62. The molecule has 0 bridgehead atoms. The molecular weight excluding hydrogens is 319 g/mol. The Bertz CT molecular complexity index is 653. The number of sulfone groups is 1. The van der Waals surface area contributed by atoms with Crippen molar-refractivity contribution in [3.8, 4) is 0 Å². The van der Waals surface area contributed by atoms with Crippen LogP contribution in [0.25, 0.3) is 0 Å². The Kier molecular flexibility index (Phi) is 4.58. The number of ether oxygens (including phenoxy) is 1. The van der Waals surface area contributed by atoms with Gasteiger partial charge in [-0.3, -0.25) is 4.79 Å². The molecule has 0 N–H and O–H groups in total. The first-order valence-electron chi connectivity index (χ1n) is 6.46. The summed E-state index contributed by atoms with van der Waals surface area (Å²) in [6.07, 6.45) is 1.50. The molecule has 116 valence electrons. The van der Waals surface area contributed by atoms with Gasteiger partial charge < -0.3 is 4.74 Å². The largest absolute Gasteiger partial charge is 0.469 e. The molecule has 1 fully saturated rings. The van der Waals surface area contributed by atoms with Crippen LogP contribution in [0.2, 0.25) is 5.02 Å². The molecule has 2 rings (SSSR count). The molecule has 1 saturated carbocycles. The maximum Gasteiger partial charge on any atom is 0.306 e. The molecule has 21 heavy (non-hydrogen) atoms. The summed E-state index contributed by atoms with van der Waals surface area (Å²) in [6.45, 7) is 0. The third kappa shape index (κ3) is 4.41. The summed E-state index contributed by atoms with van der Waals surface area (Å²) in [7, 11) is -2.15. The Morgan fingerprint density at radius 2 is 2.10 bits per heavy atom. The molecule has 1 aliphatic carbocycles. The number of methoxy groups -OCH3 is 1. The highest BCUT2D eigenvalue weighted by Crippen LogP contribution is 2.50. The lowest BCUT2D eigenvalue weighted by atomic mass is 10.1. The number of carbonyl (C=O) groups is 1. The standard InChI is InChI=1S/C14H16ClFO4S/c1-20-13(17)7-14(4-5-14)9-21(18,19)8-10-2-3-11(16)6-12(10)15/h2-3,6H,4-5,7-9H2,1H3. The molecule has 0 radical (unpaired) electrons. The van der Waals surface area contributed by atoms with Gasteiger partial charge in [-0.2, -0.15) is 0 Å². The van der Waals surface area contributed by atoms with Gasteiger partial charge >= 0.3 is 5.97 Å². The Morgan fingerprint density at radius 3 is 2.62 bits per heavy atom. The van der Waals surface area contributed by atoms with Crippen LogP contribution in [-0.4, -0.2) is 27.2 Å². The number of rotatable bonds is 6. The molecule has 1 aromatic carbocycles. The lowest BCUT2D eigenvalue weighted by Crippen LogP contribution is -2.22. The zero-order valence-corrected chi connectivity index (χ0v) is 13.1. The highest BCUT2D eigenvalue weighted by Gasteiger charge is 2.47. The fourth-order valence-electron chi connectivity index (χ4n) is 2.32. The van der Waals surface area contributed by atoms with Crippen LogP contribution in [0.3, 0.4) is 0 Å². The van der Waals surface area contributed by atoms with E-state index in [0.717, 1.165) is 6.07 Å². The van der Waals surface area contributed by atoms with E-state index in [1.807, 2.05) is 0 Å². The number of carbonyl (C=O) groups excluding carboxylic acids is 1. The van der Waals surface area contributed by atoms with Crippen molar-refractivity contribution in [3.05, 3.63) is 34.6 Å². The molecule has 0 aliphatic heterocycles. The Labute approximate surface area is 128 Å². The van der Waals surface area contributed by atoms with Crippen LogP contribution in [0.4, 0.5) is 4.39 Å². The van der Waals surface area contributed by atoms with Crippen molar-refractivity contribution < 1.29 is 22.3 Å². The van der Waals surface area contributed by atoms with Gasteiger partial charge in [-0.15, -0.1) is 0 Å². The zero-order chi connectivity index (χ0) is 15.7. The van der Waals surface area contributed by atoms with Crippen molar-refractivity contribution in [2.75, 3.05) is 12.9 Å². The van der Waals surface area contributed by atoms with Crippen molar-refractivity contribution in [1.82, 2.24) is 0 Å². The number of hydrogen-bond acceptors (Lipinski definition) is 4. The third-order valence-corrected chi connectivity index (χ3v) is 5.78. The van der Waals surface area contributed by atoms with Gasteiger partial charge in [0, 0.05) is 5.02 Å². The lowest BCUT2D eigenvalue weighted by Gasteiger charge is -2.14. The number of halogens is 2. The summed E-state index contributed by atoms with van der Waals surface area (Å²) < 4.78 is 42.1. The summed E-state index contributed by atoms with van der Waals surface area (Å²) >= 11 is 5.85. The van der Waals surface area contributed by atoms with Gasteiger partial charge in [0.15, 0.2) is 9.84 Å². The van der Waals surface area contributed by atoms with E-state index in [0.29, 0.717) is 18.4 Å². The van der Waals surface area contributed by atoms with Gasteiger partial charge in [-0.1, -0.05) is 17.7 Å². The lowest BCUT2D eigenvalue weighted by molar-refractivity contribution is -0.141. The highest BCUT2D eigenvalue weighted by molar-refractivity contribution is 7.90. The van der Waals surface area contributed by atoms with Crippen molar-refractivity contribution in [2.45, 2.75) is 25.0 Å². The van der Waals surface area contributed by atoms with Crippen molar-refractivity contribution >= 4 is 27.4 Å². The zero-order valence-electron chi connectivity index (χ0n) is 11.6. The first-order valence-corrected chi connectivity index (χ1v) is 8.66. The fourth-order valence-corrected chi connectivity index (χ4v) is 4.79. The van der Waals surface area contributed by atoms with E-state index >= 15 is 0 Å². The number of esters is 1. The molecule has 0 unspecified atom stereocenters. The summed E-state index contributed by atoms with van der Waals surface area (Å²) in [4.78, 5) is 11.3. The van der Waals surface area contributed by atoms with E-state index in [1.165, 1.54) is 19.2 Å². The maximum atomic E-state index is 13.0. The van der Waals surface area contributed by atoms with E-state index < -0.39 is 27.0 Å². The van der Waals surface area contributed by atoms with Crippen molar-refractivity contribution in [1.29, 1.82) is 0 Å². The maximum absolute atomic E-state index is 13.0. The Morgan fingerprint density at radius 1 is 1.43 bits per heavy atom. The SMILES string of the molecule is COC(=O)CC1(CS(=O)(=O)Cc2ccc(F)cc2Cl)CC1. The summed E-state index contributed by atoms with van der Waals surface area (Å²) in [5.41, 5.74) is -0.134. The van der Waals surface area contributed by atoms with E-state index in [-0.39, 0.29) is 22.9 Å². The molecule has 4 nitrogen and oxygen atoms in total. The molecule has 0 aromatic heterocycles. The van der Waals surface area contributed by atoms with Gasteiger partial charge in [-0.25, -0.2) is 12.8 Å². The predicted octanol–water partition coefficient (Wildman–Crippen LogP) is 2.74. The second kappa shape index (κ2) is 5.93. The topological polar surface area (TPSA) is 60.4 Å². The van der Waals surface area contributed by atoms with E-state index in [4.69, 9.17) is 11.6 Å². The minimum Gasteiger partial charge on any atom is -0.469 e. The normalized spacial score (nSPS) is 16.5. The van der Waals surface area contributed by atoms with Crippen LogP contribution in [0.15, 0.2) is 18.2 Å². The smallest absolute Gasteiger partial charge is 0.306 e. The Balaban J connectivity index is 2.07. The van der Waals surface area contributed by atoms with Crippen molar-refractivity contribution in [2.24, 2.45) is 5.41 Å². The first-order chi connectivity index (χ1) is 9.75. The average Bonchev–Trinajstić information content (AvgIpc) is 3.11. The van der Waals surface area contributed by atoms with Gasteiger partial charge in [-0.05, 0) is 36.0 Å². The summed E-state index contributed by atoms with van der Waals surface area (Å²) in [5.74, 6) is -1.24. The minimum atomic E-state index is -3.43.